The number of anilines is 2. The fourth-order valence-electron chi connectivity index (χ4n) is 3.44. The highest BCUT2D eigenvalue weighted by Crippen LogP contribution is 2.41. The van der Waals surface area contributed by atoms with Crippen molar-refractivity contribution in [1.29, 1.82) is 5.26 Å². The van der Waals surface area contributed by atoms with Crippen molar-refractivity contribution in [3.05, 3.63) is 58.9 Å². The quantitative estimate of drug-likeness (QED) is 0.719. The number of aliphatic hydroxyl groups is 1. The maximum Gasteiger partial charge on any atom is 0.417 e. The van der Waals surface area contributed by atoms with Crippen LogP contribution >= 0.6 is 0 Å². The molecule has 1 unspecified atom stereocenters. The lowest BCUT2D eigenvalue weighted by atomic mass is 10.0. The van der Waals surface area contributed by atoms with Gasteiger partial charge in [0.1, 0.15) is 5.82 Å². The van der Waals surface area contributed by atoms with Crippen LogP contribution in [0.25, 0.3) is 0 Å². The SMILES string of the molecule is CC1(C)C(O)N(c2ccc(C#N)c(C(F)(F)F)c2)C(=O)N1c1ccc(C(N)=O)c(F)c1. The van der Waals surface area contributed by atoms with Gasteiger partial charge in [-0.2, -0.15) is 18.4 Å². The smallest absolute Gasteiger partial charge is 0.371 e. The van der Waals surface area contributed by atoms with Gasteiger partial charge < -0.3 is 10.8 Å². The zero-order chi connectivity index (χ0) is 23.3. The van der Waals surface area contributed by atoms with Crippen LogP contribution < -0.4 is 15.5 Å². The van der Waals surface area contributed by atoms with E-state index in [1.807, 2.05) is 0 Å². The van der Waals surface area contributed by atoms with Crippen LogP contribution in [-0.2, 0) is 6.18 Å². The maximum absolute atomic E-state index is 14.2. The van der Waals surface area contributed by atoms with Gasteiger partial charge in [-0.1, -0.05) is 0 Å². The van der Waals surface area contributed by atoms with Crippen molar-refractivity contribution in [3.63, 3.8) is 0 Å². The zero-order valence-electron chi connectivity index (χ0n) is 16.2. The Labute approximate surface area is 173 Å². The molecule has 11 heteroatoms. The van der Waals surface area contributed by atoms with Gasteiger partial charge >= 0.3 is 12.2 Å². The minimum atomic E-state index is -4.86. The number of aliphatic hydroxyl groups excluding tert-OH is 1. The lowest BCUT2D eigenvalue weighted by Gasteiger charge is -2.32. The molecule has 3 amide bonds. The van der Waals surface area contributed by atoms with Crippen LogP contribution in [0.1, 0.15) is 35.3 Å². The molecule has 3 rings (SSSR count). The first-order valence-electron chi connectivity index (χ1n) is 8.83. The Morgan fingerprint density at radius 2 is 1.81 bits per heavy atom. The summed E-state index contributed by atoms with van der Waals surface area (Å²) in [5.41, 5.74) is 1.02. The first-order chi connectivity index (χ1) is 14.3. The second kappa shape index (κ2) is 7.24. The lowest BCUT2D eigenvalue weighted by Crippen LogP contribution is -2.47. The van der Waals surface area contributed by atoms with E-state index in [9.17, 15) is 32.3 Å². The van der Waals surface area contributed by atoms with Crippen LogP contribution in [0.2, 0.25) is 0 Å². The highest BCUT2D eigenvalue weighted by molar-refractivity contribution is 6.08. The molecule has 0 spiro atoms. The van der Waals surface area contributed by atoms with Gasteiger partial charge in [-0.15, -0.1) is 0 Å². The van der Waals surface area contributed by atoms with Crippen molar-refractivity contribution in [2.45, 2.75) is 31.8 Å². The minimum Gasteiger partial charge on any atom is -0.371 e. The van der Waals surface area contributed by atoms with E-state index in [-0.39, 0.29) is 11.4 Å². The van der Waals surface area contributed by atoms with Crippen molar-refractivity contribution in [1.82, 2.24) is 0 Å². The van der Waals surface area contributed by atoms with Crippen LogP contribution in [0.3, 0.4) is 0 Å². The van der Waals surface area contributed by atoms with Gasteiger partial charge in [-0.3, -0.25) is 14.6 Å². The summed E-state index contributed by atoms with van der Waals surface area (Å²) < 4.78 is 54.2. The topological polar surface area (TPSA) is 111 Å². The molecule has 1 aliphatic rings. The largest absolute Gasteiger partial charge is 0.417 e. The number of nitrogens with two attached hydrogens (primary N) is 1. The monoisotopic (exact) mass is 436 g/mol. The molecular formula is C20H16F4N4O3. The van der Waals surface area contributed by atoms with Gasteiger partial charge in [0.25, 0.3) is 5.91 Å². The van der Waals surface area contributed by atoms with E-state index in [1.54, 1.807) is 0 Å². The molecule has 0 radical (unpaired) electrons. The van der Waals surface area contributed by atoms with Crippen LogP contribution in [0, 0.1) is 17.1 Å². The lowest BCUT2D eigenvalue weighted by molar-refractivity contribution is -0.137. The van der Waals surface area contributed by atoms with Crippen LogP contribution in [0.4, 0.5) is 33.7 Å². The Morgan fingerprint density at radius 1 is 1.19 bits per heavy atom. The molecule has 2 aromatic rings. The number of carbonyl (C=O) groups is 2. The Bertz CT molecular complexity index is 1120. The highest BCUT2D eigenvalue weighted by Gasteiger charge is 2.52. The zero-order valence-corrected chi connectivity index (χ0v) is 16.2. The van der Waals surface area contributed by atoms with Gasteiger partial charge in [0.05, 0.1) is 28.3 Å². The Hall–Kier alpha value is -3.65. The summed E-state index contributed by atoms with van der Waals surface area (Å²) in [6.45, 7) is 2.87. The molecule has 1 aliphatic heterocycles. The van der Waals surface area contributed by atoms with Crippen molar-refractivity contribution in [3.8, 4) is 6.07 Å². The molecule has 1 heterocycles. The third kappa shape index (κ3) is 3.55. The number of alkyl halides is 3. The van der Waals surface area contributed by atoms with Gasteiger partial charge in [-0.05, 0) is 50.2 Å². The van der Waals surface area contributed by atoms with Crippen LogP contribution in [0.15, 0.2) is 36.4 Å². The number of benzene rings is 2. The Kier molecular flexibility index (Phi) is 5.15. The minimum absolute atomic E-state index is 0.0382. The number of hydrogen-bond acceptors (Lipinski definition) is 4. The highest BCUT2D eigenvalue weighted by atomic mass is 19.4. The second-order valence-electron chi connectivity index (χ2n) is 7.38. The van der Waals surface area contributed by atoms with Crippen molar-refractivity contribution in [2.75, 3.05) is 9.80 Å². The summed E-state index contributed by atoms with van der Waals surface area (Å²) in [5, 5.41) is 19.7. The van der Waals surface area contributed by atoms with Gasteiger partial charge in [0.15, 0.2) is 6.23 Å². The molecule has 0 saturated carbocycles. The molecule has 31 heavy (non-hydrogen) atoms. The maximum atomic E-state index is 14.2. The molecule has 0 bridgehead atoms. The van der Waals surface area contributed by atoms with Gasteiger partial charge in [0, 0.05) is 11.4 Å². The molecule has 0 aromatic heterocycles. The average Bonchev–Trinajstić information content (AvgIpc) is 2.84. The number of urea groups is 1. The fraction of sp³-hybridized carbons (Fsp3) is 0.250. The summed E-state index contributed by atoms with van der Waals surface area (Å²) in [6.07, 6.45) is -6.48. The second-order valence-corrected chi connectivity index (χ2v) is 7.38. The molecule has 1 saturated heterocycles. The van der Waals surface area contributed by atoms with E-state index in [2.05, 4.69) is 0 Å². The summed E-state index contributed by atoms with van der Waals surface area (Å²) in [5.74, 6) is -2.02. The predicted molar refractivity (Wildman–Crippen MR) is 102 cm³/mol. The number of hydrogen-bond donors (Lipinski definition) is 2. The van der Waals surface area contributed by atoms with Crippen LogP contribution in [-0.4, -0.2) is 28.8 Å². The standard InChI is InChI=1S/C20H16F4N4O3/c1-19(2)17(30)27(11-4-3-10(9-25)14(7-11)20(22,23)24)18(31)28(19)12-5-6-13(16(26)29)15(21)8-12/h3-8,17,30H,1-2H3,(H2,26,29). The van der Waals surface area contributed by atoms with E-state index >= 15 is 0 Å². The van der Waals surface area contributed by atoms with E-state index < -0.39 is 52.4 Å². The molecule has 7 nitrogen and oxygen atoms in total. The fourth-order valence-corrected chi connectivity index (χ4v) is 3.44. The molecule has 0 aliphatic carbocycles. The summed E-state index contributed by atoms with van der Waals surface area (Å²) in [6, 6.07) is 6.27. The number of primary amides is 1. The third-order valence-electron chi connectivity index (χ3n) is 5.03. The molecule has 162 valence electrons. The molecule has 1 fully saturated rings. The summed E-state index contributed by atoms with van der Waals surface area (Å²) in [4.78, 5) is 26.1. The molecule has 3 N–H and O–H groups in total. The number of nitrogens with zero attached hydrogens (tertiary/aromatic N) is 3. The van der Waals surface area contributed by atoms with Crippen molar-refractivity contribution < 1.29 is 32.3 Å². The first-order valence-corrected chi connectivity index (χ1v) is 8.83. The normalized spacial score (nSPS) is 18.3. The number of carbonyl (C=O) groups excluding carboxylic acids is 2. The first kappa shape index (κ1) is 22.0. The van der Waals surface area contributed by atoms with Gasteiger partial charge in [0.2, 0.25) is 0 Å². The summed E-state index contributed by atoms with van der Waals surface area (Å²) >= 11 is 0. The number of nitriles is 1. The molecule has 1 atom stereocenters. The van der Waals surface area contributed by atoms with E-state index in [0.717, 1.165) is 34.1 Å². The number of amides is 3. The summed E-state index contributed by atoms with van der Waals surface area (Å²) in [7, 11) is 0. The Balaban J connectivity index is 2.10. The van der Waals surface area contributed by atoms with Crippen LogP contribution in [0.5, 0.6) is 0 Å². The predicted octanol–water partition coefficient (Wildman–Crippen LogP) is 3.36. The van der Waals surface area contributed by atoms with Gasteiger partial charge in [-0.25, -0.2) is 9.18 Å². The number of rotatable bonds is 3. The Morgan fingerprint density at radius 3 is 2.32 bits per heavy atom. The third-order valence-corrected chi connectivity index (χ3v) is 5.03. The van der Waals surface area contributed by atoms with E-state index in [0.29, 0.717) is 6.07 Å². The van der Waals surface area contributed by atoms with E-state index in [1.165, 1.54) is 26.0 Å². The van der Waals surface area contributed by atoms with Crippen molar-refractivity contribution in [2.24, 2.45) is 5.73 Å². The van der Waals surface area contributed by atoms with Crippen molar-refractivity contribution >= 4 is 23.3 Å². The number of halogens is 4. The molecule has 2 aromatic carbocycles. The molecular weight excluding hydrogens is 420 g/mol. The van der Waals surface area contributed by atoms with E-state index in [4.69, 9.17) is 11.0 Å². The average molecular weight is 436 g/mol.